The Labute approximate surface area is 161 Å². The van der Waals surface area contributed by atoms with Gasteiger partial charge < -0.3 is 16.0 Å². The van der Waals surface area contributed by atoms with Gasteiger partial charge in [-0.1, -0.05) is 12.1 Å². The number of likely N-dealkylation sites (tertiary alicyclic amines) is 1. The van der Waals surface area contributed by atoms with E-state index in [1.165, 1.54) is 23.5 Å². The Morgan fingerprint density at radius 2 is 2.00 bits per heavy atom. The number of rotatable bonds is 4. The molecule has 0 atom stereocenters. The molecule has 0 bridgehead atoms. The fraction of sp³-hybridized carbons (Fsp3) is 0.353. The molecule has 0 radical (unpaired) electrons. The maximum Gasteiger partial charge on any atom is 0.270 e. The van der Waals surface area contributed by atoms with Crippen LogP contribution in [0.1, 0.15) is 38.7 Å². The summed E-state index contributed by atoms with van der Waals surface area (Å²) in [5.74, 6) is -1.05. The number of aromatic nitrogens is 1. The van der Waals surface area contributed by atoms with E-state index in [-0.39, 0.29) is 35.8 Å². The fourth-order valence-electron chi connectivity index (χ4n) is 2.80. The Morgan fingerprint density at radius 1 is 1.31 bits per heavy atom. The Hall–Kier alpha value is -2.03. The van der Waals surface area contributed by atoms with E-state index in [0.29, 0.717) is 38.2 Å². The molecule has 0 spiro atoms. The zero-order valence-corrected chi connectivity index (χ0v) is 15.6. The van der Waals surface area contributed by atoms with Crippen LogP contribution in [0.5, 0.6) is 0 Å². The first-order chi connectivity index (χ1) is 12.1. The number of hydrogen-bond donors (Lipinski definition) is 2. The monoisotopic (exact) mass is 398 g/mol. The number of nitrogens with two attached hydrogens (primary N) is 1. The molecule has 1 aliphatic rings. The van der Waals surface area contributed by atoms with Crippen LogP contribution >= 0.6 is 23.7 Å². The number of benzene rings is 1. The molecule has 140 valence electrons. The smallest absolute Gasteiger partial charge is 0.270 e. The fourth-order valence-corrected chi connectivity index (χ4v) is 3.45. The largest absolute Gasteiger partial charge is 0.348 e. The zero-order valence-electron chi connectivity index (χ0n) is 14.0. The molecule has 2 amide bonds. The standard InChI is InChI=1S/C17H19FN4O2S.ClH/c18-13-4-2-1-3-12(13)17(24)22-7-5-11(6-8-22)20-16(23)14-10-25-15(9-19)21-14;/h1-4,10-11H,5-9,19H2,(H,20,23);1H. The van der Waals surface area contributed by atoms with Crippen molar-refractivity contribution < 1.29 is 14.0 Å². The highest BCUT2D eigenvalue weighted by Crippen LogP contribution is 2.17. The molecule has 0 unspecified atom stereocenters. The van der Waals surface area contributed by atoms with Crippen LogP contribution < -0.4 is 11.1 Å². The molecule has 26 heavy (non-hydrogen) atoms. The third-order valence-corrected chi connectivity index (χ3v) is 5.05. The summed E-state index contributed by atoms with van der Waals surface area (Å²) in [6, 6.07) is 5.95. The van der Waals surface area contributed by atoms with Gasteiger partial charge in [0.1, 0.15) is 16.5 Å². The second-order valence-corrected chi connectivity index (χ2v) is 6.79. The van der Waals surface area contributed by atoms with Gasteiger partial charge in [0, 0.05) is 31.1 Å². The van der Waals surface area contributed by atoms with E-state index in [1.54, 1.807) is 22.4 Å². The van der Waals surface area contributed by atoms with Gasteiger partial charge in [-0.3, -0.25) is 9.59 Å². The molecule has 9 heteroatoms. The van der Waals surface area contributed by atoms with Gasteiger partial charge in [0.25, 0.3) is 11.8 Å². The van der Waals surface area contributed by atoms with Crippen molar-refractivity contribution in [2.75, 3.05) is 13.1 Å². The van der Waals surface area contributed by atoms with Gasteiger partial charge in [-0.2, -0.15) is 0 Å². The molecular weight excluding hydrogens is 379 g/mol. The third kappa shape index (κ3) is 4.57. The van der Waals surface area contributed by atoms with Gasteiger partial charge >= 0.3 is 0 Å². The van der Waals surface area contributed by atoms with Crippen LogP contribution in [0.4, 0.5) is 4.39 Å². The predicted molar refractivity (Wildman–Crippen MR) is 100 cm³/mol. The number of thiazole rings is 1. The molecule has 0 saturated carbocycles. The van der Waals surface area contributed by atoms with Crippen LogP contribution in [-0.4, -0.2) is 40.8 Å². The normalized spacial score (nSPS) is 14.6. The molecule has 3 rings (SSSR count). The van der Waals surface area contributed by atoms with E-state index in [0.717, 1.165) is 5.01 Å². The van der Waals surface area contributed by atoms with Crippen LogP contribution in [0.25, 0.3) is 0 Å². The molecule has 1 aliphatic heterocycles. The molecule has 6 nitrogen and oxygen atoms in total. The molecule has 0 aliphatic carbocycles. The molecule has 3 N–H and O–H groups in total. The first kappa shape index (κ1) is 20.3. The Balaban J connectivity index is 0.00000243. The second-order valence-electron chi connectivity index (χ2n) is 5.85. The van der Waals surface area contributed by atoms with Gasteiger partial charge in [-0.25, -0.2) is 9.37 Å². The van der Waals surface area contributed by atoms with Crippen LogP contribution in [0.2, 0.25) is 0 Å². The third-order valence-electron chi connectivity index (χ3n) is 4.18. The summed E-state index contributed by atoms with van der Waals surface area (Å²) in [7, 11) is 0. The maximum absolute atomic E-state index is 13.7. The molecule has 2 heterocycles. The lowest BCUT2D eigenvalue weighted by molar-refractivity contribution is 0.0693. The van der Waals surface area contributed by atoms with Crippen molar-refractivity contribution in [3.63, 3.8) is 0 Å². The minimum Gasteiger partial charge on any atom is -0.348 e. The van der Waals surface area contributed by atoms with Crippen LogP contribution in [0.15, 0.2) is 29.6 Å². The second kappa shape index (κ2) is 9.07. The van der Waals surface area contributed by atoms with Gasteiger partial charge in [0.15, 0.2) is 0 Å². The molecule has 1 fully saturated rings. The summed E-state index contributed by atoms with van der Waals surface area (Å²) in [5.41, 5.74) is 5.96. The van der Waals surface area contributed by atoms with Crippen molar-refractivity contribution in [2.45, 2.75) is 25.4 Å². The maximum atomic E-state index is 13.7. The number of halogens is 2. The summed E-state index contributed by atoms with van der Waals surface area (Å²) < 4.78 is 13.7. The van der Waals surface area contributed by atoms with Crippen molar-refractivity contribution >= 4 is 35.6 Å². The minimum atomic E-state index is -0.512. The Bertz CT molecular complexity index is 778. The van der Waals surface area contributed by atoms with Crippen LogP contribution in [0.3, 0.4) is 0 Å². The van der Waals surface area contributed by atoms with E-state index in [4.69, 9.17) is 5.73 Å². The molecule has 1 aromatic carbocycles. The highest BCUT2D eigenvalue weighted by molar-refractivity contribution is 7.09. The van der Waals surface area contributed by atoms with E-state index >= 15 is 0 Å². The lowest BCUT2D eigenvalue weighted by atomic mass is 10.0. The van der Waals surface area contributed by atoms with Gasteiger partial charge in [0.05, 0.1) is 5.56 Å². The summed E-state index contributed by atoms with van der Waals surface area (Å²) in [6.45, 7) is 1.26. The van der Waals surface area contributed by atoms with Crippen molar-refractivity contribution in [1.82, 2.24) is 15.2 Å². The zero-order chi connectivity index (χ0) is 17.8. The van der Waals surface area contributed by atoms with Gasteiger partial charge in [-0.05, 0) is 25.0 Å². The Morgan fingerprint density at radius 3 is 2.62 bits per heavy atom. The first-order valence-electron chi connectivity index (χ1n) is 8.07. The number of nitrogens with one attached hydrogen (secondary N) is 1. The first-order valence-corrected chi connectivity index (χ1v) is 8.95. The summed E-state index contributed by atoms with van der Waals surface area (Å²) in [5, 5.41) is 5.34. The van der Waals surface area contributed by atoms with E-state index in [1.807, 2.05) is 0 Å². The van der Waals surface area contributed by atoms with Crippen LogP contribution in [-0.2, 0) is 6.54 Å². The summed E-state index contributed by atoms with van der Waals surface area (Å²) >= 11 is 1.36. The van der Waals surface area contributed by atoms with Gasteiger partial charge in [0.2, 0.25) is 0 Å². The topological polar surface area (TPSA) is 88.3 Å². The Kier molecular flexibility index (Phi) is 7.07. The summed E-state index contributed by atoms with van der Waals surface area (Å²) in [6.07, 6.45) is 1.25. The minimum absolute atomic E-state index is 0. The predicted octanol–water partition coefficient (Wildman–Crippen LogP) is 2.20. The number of hydrogen-bond acceptors (Lipinski definition) is 5. The van der Waals surface area contributed by atoms with E-state index in [2.05, 4.69) is 10.3 Å². The van der Waals surface area contributed by atoms with E-state index in [9.17, 15) is 14.0 Å². The number of amides is 2. The SMILES string of the molecule is Cl.NCc1nc(C(=O)NC2CCN(C(=O)c3ccccc3F)CC2)cs1. The average molecular weight is 399 g/mol. The number of nitrogens with zero attached hydrogens (tertiary/aromatic N) is 2. The quantitative estimate of drug-likeness (QED) is 0.826. The molecular formula is C17H20ClFN4O2S. The van der Waals surface area contributed by atoms with Crippen LogP contribution in [0, 0.1) is 5.82 Å². The van der Waals surface area contributed by atoms with E-state index < -0.39 is 5.82 Å². The van der Waals surface area contributed by atoms with Crippen molar-refractivity contribution in [3.05, 3.63) is 51.7 Å². The molecule has 2 aromatic rings. The number of carbonyl (C=O) groups is 2. The molecule has 1 aromatic heterocycles. The van der Waals surface area contributed by atoms with Gasteiger partial charge in [-0.15, -0.1) is 23.7 Å². The van der Waals surface area contributed by atoms with Crippen molar-refractivity contribution in [3.8, 4) is 0 Å². The number of carbonyl (C=O) groups excluding carboxylic acids is 2. The highest BCUT2D eigenvalue weighted by atomic mass is 35.5. The lowest BCUT2D eigenvalue weighted by Crippen LogP contribution is -2.46. The van der Waals surface area contributed by atoms with Crippen molar-refractivity contribution in [1.29, 1.82) is 0 Å². The van der Waals surface area contributed by atoms with Crippen molar-refractivity contribution in [2.24, 2.45) is 5.73 Å². The highest BCUT2D eigenvalue weighted by Gasteiger charge is 2.26. The lowest BCUT2D eigenvalue weighted by Gasteiger charge is -2.32. The number of piperidine rings is 1. The summed E-state index contributed by atoms with van der Waals surface area (Å²) in [4.78, 5) is 30.4. The average Bonchev–Trinajstić information content (AvgIpc) is 3.11. The molecule has 1 saturated heterocycles.